The summed E-state index contributed by atoms with van der Waals surface area (Å²) in [5.41, 5.74) is 2.60. The molecular formula is C22H19N3S2. The molecule has 0 spiro atoms. The van der Waals surface area contributed by atoms with E-state index in [1.807, 2.05) is 24.3 Å². The summed E-state index contributed by atoms with van der Waals surface area (Å²) >= 11 is 3.35. The molecule has 0 radical (unpaired) electrons. The number of nitriles is 2. The topological polar surface area (TPSA) is 50.8 Å². The van der Waals surface area contributed by atoms with Gasteiger partial charge in [-0.05, 0) is 61.9 Å². The van der Waals surface area contributed by atoms with Crippen LogP contribution in [-0.4, -0.2) is 13.1 Å². The van der Waals surface area contributed by atoms with Crippen molar-refractivity contribution in [3.8, 4) is 32.3 Å². The maximum absolute atomic E-state index is 8.89. The van der Waals surface area contributed by atoms with Crippen LogP contribution in [0, 0.1) is 22.7 Å². The van der Waals surface area contributed by atoms with Gasteiger partial charge in [0.15, 0.2) is 0 Å². The fourth-order valence-corrected chi connectivity index (χ4v) is 4.90. The van der Waals surface area contributed by atoms with Gasteiger partial charge < -0.3 is 4.90 Å². The minimum atomic E-state index is 0.128. The van der Waals surface area contributed by atoms with E-state index in [-0.39, 0.29) is 5.57 Å². The number of hydrogen-bond acceptors (Lipinski definition) is 5. The van der Waals surface area contributed by atoms with Crippen LogP contribution in [0.2, 0.25) is 0 Å². The predicted molar refractivity (Wildman–Crippen MR) is 116 cm³/mol. The van der Waals surface area contributed by atoms with E-state index in [1.54, 1.807) is 28.7 Å². The lowest BCUT2D eigenvalue weighted by Gasteiger charge is -2.21. The molecule has 0 N–H and O–H groups in total. The fraction of sp³-hybridized carbons (Fsp3) is 0.182. The quantitative estimate of drug-likeness (QED) is 0.457. The second-order valence-electron chi connectivity index (χ2n) is 5.87. The van der Waals surface area contributed by atoms with Gasteiger partial charge in [-0.15, -0.1) is 22.7 Å². The molecule has 1 aromatic carbocycles. The zero-order valence-electron chi connectivity index (χ0n) is 15.3. The van der Waals surface area contributed by atoms with Gasteiger partial charge >= 0.3 is 0 Å². The third-order valence-corrected chi connectivity index (χ3v) is 6.65. The normalized spacial score (nSPS) is 10.1. The molecule has 0 aliphatic carbocycles. The van der Waals surface area contributed by atoms with Crippen molar-refractivity contribution in [2.45, 2.75) is 13.8 Å². The van der Waals surface area contributed by atoms with Gasteiger partial charge in [-0.1, -0.05) is 12.1 Å². The van der Waals surface area contributed by atoms with Gasteiger partial charge in [0.05, 0.1) is 0 Å². The Kier molecular flexibility index (Phi) is 6.08. The molecule has 2 heterocycles. The minimum Gasteiger partial charge on any atom is -0.372 e. The molecule has 0 bridgehead atoms. The molecule has 0 fully saturated rings. The van der Waals surface area contributed by atoms with Crippen LogP contribution >= 0.6 is 22.7 Å². The van der Waals surface area contributed by atoms with Crippen LogP contribution in [-0.2, 0) is 0 Å². The molecule has 2 aromatic heterocycles. The molecule has 3 nitrogen and oxygen atoms in total. The maximum atomic E-state index is 8.89. The van der Waals surface area contributed by atoms with Crippen LogP contribution in [0.4, 0.5) is 5.69 Å². The highest BCUT2D eigenvalue weighted by molar-refractivity contribution is 7.24. The second kappa shape index (κ2) is 8.68. The number of hydrogen-bond donors (Lipinski definition) is 0. The Labute approximate surface area is 168 Å². The molecule has 5 heteroatoms. The lowest BCUT2D eigenvalue weighted by atomic mass is 10.1. The average molecular weight is 390 g/mol. The summed E-state index contributed by atoms with van der Waals surface area (Å²) in [5.74, 6) is 0. The summed E-state index contributed by atoms with van der Waals surface area (Å²) in [5, 5.41) is 17.8. The van der Waals surface area contributed by atoms with Crippen molar-refractivity contribution < 1.29 is 0 Å². The van der Waals surface area contributed by atoms with Gasteiger partial charge in [0, 0.05) is 38.3 Å². The summed E-state index contributed by atoms with van der Waals surface area (Å²) in [6.45, 7) is 6.36. The first-order chi connectivity index (χ1) is 13.2. The average Bonchev–Trinajstić information content (AvgIpc) is 3.37. The van der Waals surface area contributed by atoms with Gasteiger partial charge in [0.25, 0.3) is 0 Å². The molecule has 0 aliphatic rings. The number of allylic oxidation sites excluding steroid dienone is 1. The Hall–Kier alpha value is -2.86. The zero-order chi connectivity index (χ0) is 19.2. The van der Waals surface area contributed by atoms with Crippen molar-refractivity contribution in [3.63, 3.8) is 0 Å². The highest BCUT2D eigenvalue weighted by atomic mass is 32.1. The molecular weight excluding hydrogens is 370 g/mol. The van der Waals surface area contributed by atoms with E-state index in [0.717, 1.165) is 22.8 Å². The number of nitrogens with zero attached hydrogens (tertiary/aromatic N) is 3. The van der Waals surface area contributed by atoms with Crippen LogP contribution < -0.4 is 4.90 Å². The monoisotopic (exact) mass is 389 g/mol. The zero-order valence-corrected chi connectivity index (χ0v) is 16.9. The van der Waals surface area contributed by atoms with E-state index in [0.29, 0.717) is 0 Å². The van der Waals surface area contributed by atoms with Crippen molar-refractivity contribution in [2.24, 2.45) is 0 Å². The van der Waals surface area contributed by atoms with E-state index in [1.165, 1.54) is 21.0 Å². The van der Waals surface area contributed by atoms with Crippen molar-refractivity contribution in [1.29, 1.82) is 10.5 Å². The first kappa shape index (κ1) is 18.9. The molecule has 0 saturated carbocycles. The smallest absolute Gasteiger partial charge is 0.131 e. The Morgan fingerprint density at radius 1 is 0.852 bits per heavy atom. The Bertz CT molecular complexity index is 1010. The molecule has 3 aromatic rings. The van der Waals surface area contributed by atoms with Gasteiger partial charge in [0.2, 0.25) is 0 Å². The molecule has 0 aliphatic heterocycles. The van der Waals surface area contributed by atoms with Gasteiger partial charge in [-0.2, -0.15) is 10.5 Å². The number of benzene rings is 1. The number of anilines is 1. The van der Waals surface area contributed by atoms with Gasteiger partial charge in [-0.25, -0.2) is 0 Å². The van der Waals surface area contributed by atoms with Crippen LogP contribution in [0.1, 0.15) is 18.7 Å². The molecule has 0 amide bonds. The molecule has 134 valence electrons. The van der Waals surface area contributed by atoms with E-state index >= 15 is 0 Å². The van der Waals surface area contributed by atoms with Gasteiger partial charge in [0.1, 0.15) is 17.7 Å². The van der Waals surface area contributed by atoms with E-state index in [4.69, 9.17) is 10.5 Å². The van der Waals surface area contributed by atoms with E-state index in [2.05, 4.69) is 55.1 Å². The van der Waals surface area contributed by atoms with Crippen LogP contribution in [0.15, 0.2) is 54.1 Å². The number of thiophene rings is 2. The van der Waals surface area contributed by atoms with Crippen LogP contribution in [0.3, 0.4) is 0 Å². The second-order valence-corrected chi connectivity index (χ2v) is 8.07. The Morgan fingerprint density at radius 3 is 2.07 bits per heavy atom. The van der Waals surface area contributed by atoms with Crippen molar-refractivity contribution in [2.75, 3.05) is 18.0 Å². The highest BCUT2D eigenvalue weighted by Crippen LogP contribution is 2.38. The number of rotatable bonds is 6. The van der Waals surface area contributed by atoms with Crippen molar-refractivity contribution in [1.82, 2.24) is 0 Å². The summed E-state index contributed by atoms with van der Waals surface area (Å²) < 4.78 is 0. The molecule has 0 saturated heterocycles. The summed E-state index contributed by atoms with van der Waals surface area (Å²) in [4.78, 5) is 6.82. The third kappa shape index (κ3) is 4.28. The fourth-order valence-electron chi connectivity index (χ4n) is 2.85. The first-order valence-electron chi connectivity index (χ1n) is 8.75. The van der Waals surface area contributed by atoms with Crippen LogP contribution in [0.5, 0.6) is 0 Å². The summed E-state index contributed by atoms with van der Waals surface area (Å²) in [6.07, 6.45) is 1.63. The maximum Gasteiger partial charge on any atom is 0.131 e. The largest absolute Gasteiger partial charge is 0.372 e. The Balaban J connectivity index is 1.82. The summed E-state index contributed by atoms with van der Waals surface area (Å²) in [6, 6.07) is 20.8. The standard InChI is InChI=1S/C22H19N3S2/c1-3-25(4-2)18-7-5-17(6-8-18)20-11-12-22(27-20)21-10-9-19(26-21)13-16(14-23)15-24/h5-13H,3-4H2,1-2H3. The lowest BCUT2D eigenvalue weighted by Crippen LogP contribution is -2.21. The highest BCUT2D eigenvalue weighted by Gasteiger charge is 2.09. The Morgan fingerprint density at radius 2 is 1.44 bits per heavy atom. The first-order valence-corrected chi connectivity index (χ1v) is 10.4. The molecule has 0 atom stereocenters. The van der Waals surface area contributed by atoms with E-state index in [9.17, 15) is 0 Å². The SMILES string of the molecule is CCN(CC)c1ccc(-c2ccc(-c3ccc(C=C(C#N)C#N)s3)s2)cc1. The molecule has 3 rings (SSSR count). The van der Waals surface area contributed by atoms with Crippen molar-refractivity contribution in [3.05, 3.63) is 59.0 Å². The minimum absolute atomic E-state index is 0.128. The van der Waals surface area contributed by atoms with Crippen LogP contribution in [0.25, 0.3) is 26.3 Å². The van der Waals surface area contributed by atoms with Crippen molar-refractivity contribution >= 4 is 34.4 Å². The van der Waals surface area contributed by atoms with Gasteiger partial charge in [-0.3, -0.25) is 0 Å². The summed E-state index contributed by atoms with van der Waals surface area (Å²) in [7, 11) is 0. The predicted octanol–water partition coefficient (Wildman–Crippen LogP) is 6.42. The lowest BCUT2D eigenvalue weighted by molar-refractivity contribution is 0.866. The third-order valence-electron chi connectivity index (χ3n) is 4.28. The molecule has 27 heavy (non-hydrogen) atoms. The van der Waals surface area contributed by atoms with E-state index < -0.39 is 0 Å². The molecule has 0 unspecified atom stereocenters.